The van der Waals surface area contributed by atoms with Crippen molar-refractivity contribution in [1.82, 2.24) is 10.1 Å². The first-order valence-electron chi connectivity index (χ1n) is 10.3. The SMILES string of the molecule is Cc1ccc(S(=O)(=O)CN=CC(=O)O)cc1.O=C1CCC(=O)N1O.[N-]=[NH+]CC(=O)ON1C(=O)CCC1=O. The summed E-state index contributed by atoms with van der Waals surface area (Å²) in [6.07, 6.45) is 0.980. The van der Waals surface area contributed by atoms with Crippen molar-refractivity contribution >= 4 is 51.6 Å². The number of aliphatic carboxylic acids is 1. The Kier molecular flexibility index (Phi) is 11.8. The summed E-state index contributed by atoms with van der Waals surface area (Å²) in [5, 5.41) is 18.8. The highest BCUT2D eigenvalue weighted by molar-refractivity contribution is 7.91. The van der Waals surface area contributed by atoms with Crippen molar-refractivity contribution in [2.75, 3.05) is 12.4 Å². The number of nitrogens with zero attached hydrogens (tertiary/aromatic N) is 4. The van der Waals surface area contributed by atoms with E-state index in [0.29, 0.717) is 11.3 Å². The summed E-state index contributed by atoms with van der Waals surface area (Å²) in [4.78, 5) is 70.9. The number of aliphatic imine (C=N–C) groups is 1. The maximum atomic E-state index is 11.6. The minimum Gasteiger partial charge on any atom is -0.508 e. The van der Waals surface area contributed by atoms with E-state index in [9.17, 15) is 37.2 Å². The van der Waals surface area contributed by atoms with E-state index < -0.39 is 57.8 Å². The van der Waals surface area contributed by atoms with Crippen molar-refractivity contribution in [3.63, 3.8) is 0 Å². The number of hydroxylamine groups is 4. The molecule has 0 atom stereocenters. The van der Waals surface area contributed by atoms with Gasteiger partial charge in [0.05, 0.1) is 4.90 Å². The number of hydrogen-bond acceptors (Lipinski definition) is 11. The number of amides is 4. The molecule has 0 aliphatic carbocycles. The van der Waals surface area contributed by atoms with Gasteiger partial charge in [0.25, 0.3) is 23.6 Å². The van der Waals surface area contributed by atoms with E-state index in [2.05, 4.69) is 9.83 Å². The number of nitrogens with one attached hydrogen (secondary N) is 1. The second-order valence-electron chi connectivity index (χ2n) is 7.19. The largest absolute Gasteiger partial charge is 0.508 e. The molecule has 2 heterocycles. The third kappa shape index (κ3) is 10.4. The number of imide groups is 2. The fourth-order valence-corrected chi connectivity index (χ4v) is 3.43. The van der Waals surface area contributed by atoms with E-state index >= 15 is 0 Å². The van der Waals surface area contributed by atoms with E-state index in [1.807, 2.05) is 6.92 Å². The Morgan fingerprint density at radius 2 is 1.51 bits per heavy atom. The number of rotatable bonds is 7. The van der Waals surface area contributed by atoms with Crippen molar-refractivity contribution in [3.8, 4) is 0 Å². The molecular formula is C20H23N5O11S. The Balaban J connectivity index is 0.000000292. The van der Waals surface area contributed by atoms with E-state index in [4.69, 9.17) is 15.8 Å². The molecule has 2 aliphatic rings. The standard InChI is InChI=1S/C10H11NO4S.C6H7N3O4.C4H5NO3/c1-8-2-4-9(5-3-8)16(14,15)7-11-6-10(12)13;7-8-3-6(12)13-9-4(10)1-2-5(9)11;6-3-1-2-4(7)5(3)8/h2-6H,7H2,1H3,(H,12,13);8H,1-3H2;8H,1-2H2. The summed E-state index contributed by atoms with van der Waals surface area (Å²) in [6, 6.07) is 6.30. The molecule has 0 bridgehead atoms. The fraction of sp³-hybridized carbons (Fsp3) is 0.350. The lowest BCUT2D eigenvalue weighted by molar-refractivity contribution is -0.471. The Morgan fingerprint density at radius 3 is 1.92 bits per heavy atom. The molecule has 2 aliphatic heterocycles. The Hall–Kier alpha value is -4.38. The zero-order chi connectivity index (χ0) is 28.2. The maximum Gasteiger partial charge on any atom is 0.396 e. The minimum atomic E-state index is -3.53. The monoisotopic (exact) mass is 541 g/mol. The highest BCUT2D eigenvalue weighted by Crippen LogP contribution is 2.12. The molecule has 17 heteroatoms. The van der Waals surface area contributed by atoms with Gasteiger partial charge in [-0.05, 0) is 19.1 Å². The van der Waals surface area contributed by atoms with Crippen LogP contribution in [0.4, 0.5) is 0 Å². The van der Waals surface area contributed by atoms with Gasteiger partial charge in [-0.2, -0.15) is 5.06 Å². The van der Waals surface area contributed by atoms with Crippen LogP contribution in [-0.2, 0) is 43.4 Å². The molecule has 3 rings (SSSR count). The van der Waals surface area contributed by atoms with Gasteiger partial charge >= 0.3 is 11.9 Å². The summed E-state index contributed by atoms with van der Waals surface area (Å²) in [5.41, 5.74) is 9.06. The third-order valence-electron chi connectivity index (χ3n) is 4.27. The predicted octanol–water partition coefficient (Wildman–Crippen LogP) is -1.90. The summed E-state index contributed by atoms with van der Waals surface area (Å²) in [7, 11) is -3.53. The molecule has 3 N–H and O–H groups in total. The zero-order valence-corrected chi connectivity index (χ0v) is 20.2. The highest BCUT2D eigenvalue weighted by Gasteiger charge is 2.33. The molecule has 0 aromatic heterocycles. The topological polar surface area (TPSA) is 241 Å². The number of aryl methyl sites for hydroxylation is 1. The van der Waals surface area contributed by atoms with Crippen LogP contribution in [0.1, 0.15) is 31.2 Å². The van der Waals surface area contributed by atoms with Crippen molar-refractivity contribution in [3.05, 3.63) is 35.4 Å². The Morgan fingerprint density at radius 1 is 1.03 bits per heavy atom. The van der Waals surface area contributed by atoms with Crippen LogP contribution in [-0.4, -0.2) is 83.1 Å². The van der Waals surface area contributed by atoms with Gasteiger partial charge in [0, 0.05) is 25.7 Å². The van der Waals surface area contributed by atoms with Crippen LogP contribution in [0, 0.1) is 6.92 Å². The Labute approximate surface area is 209 Å². The maximum absolute atomic E-state index is 11.6. The molecule has 200 valence electrons. The second-order valence-corrected chi connectivity index (χ2v) is 9.15. The normalized spacial score (nSPS) is 15.2. The average Bonchev–Trinajstić information content (AvgIpc) is 3.30. The molecule has 1 aromatic carbocycles. The quantitative estimate of drug-likeness (QED) is 0.149. The summed E-state index contributed by atoms with van der Waals surface area (Å²) in [5.74, 6) is -4.81. The zero-order valence-electron chi connectivity index (χ0n) is 19.4. The molecule has 37 heavy (non-hydrogen) atoms. The van der Waals surface area contributed by atoms with Crippen LogP contribution in [0.25, 0.3) is 5.53 Å². The van der Waals surface area contributed by atoms with Gasteiger partial charge in [-0.15, -0.1) is 5.06 Å². The number of carbonyl (C=O) groups excluding carboxylic acids is 5. The molecule has 16 nitrogen and oxygen atoms in total. The average molecular weight is 541 g/mol. The van der Waals surface area contributed by atoms with Crippen molar-refractivity contribution in [2.45, 2.75) is 37.5 Å². The van der Waals surface area contributed by atoms with E-state index in [0.717, 1.165) is 5.56 Å². The molecule has 0 spiro atoms. The number of carbonyl (C=O) groups is 6. The molecular weight excluding hydrogens is 518 g/mol. The first kappa shape index (κ1) is 30.7. The van der Waals surface area contributed by atoms with Crippen molar-refractivity contribution in [2.24, 2.45) is 4.99 Å². The summed E-state index contributed by atoms with van der Waals surface area (Å²) >= 11 is 0. The second kappa shape index (κ2) is 14.2. The van der Waals surface area contributed by atoms with Gasteiger partial charge in [0.2, 0.25) is 6.54 Å². The van der Waals surface area contributed by atoms with Gasteiger partial charge in [-0.3, -0.25) is 29.4 Å². The fourth-order valence-electron chi connectivity index (χ4n) is 2.45. The predicted molar refractivity (Wildman–Crippen MR) is 119 cm³/mol. The minimum absolute atomic E-state index is 0.0542. The molecule has 0 radical (unpaired) electrons. The number of carboxylic acids is 1. The van der Waals surface area contributed by atoms with Crippen LogP contribution in [0.2, 0.25) is 0 Å². The van der Waals surface area contributed by atoms with Crippen molar-refractivity contribution < 1.29 is 57.5 Å². The molecule has 2 saturated heterocycles. The van der Waals surface area contributed by atoms with Gasteiger partial charge in [0.1, 0.15) is 12.1 Å². The third-order valence-corrected chi connectivity index (χ3v) is 5.75. The highest BCUT2D eigenvalue weighted by atomic mass is 32.2. The first-order valence-corrected chi connectivity index (χ1v) is 11.9. The van der Waals surface area contributed by atoms with Crippen LogP contribution >= 0.6 is 0 Å². The van der Waals surface area contributed by atoms with Crippen LogP contribution < -0.4 is 5.11 Å². The van der Waals surface area contributed by atoms with Gasteiger partial charge in [-0.1, -0.05) is 17.7 Å². The number of carboxylic acid groups (broad SMARTS) is 1. The van der Waals surface area contributed by atoms with Gasteiger partial charge in [0.15, 0.2) is 9.84 Å². The molecule has 0 unspecified atom stereocenters. The smallest absolute Gasteiger partial charge is 0.396 e. The lowest BCUT2D eigenvalue weighted by atomic mass is 10.2. The molecule has 0 saturated carbocycles. The summed E-state index contributed by atoms with van der Waals surface area (Å²) < 4.78 is 23.2. The van der Waals surface area contributed by atoms with E-state index in [1.165, 1.54) is 12.1 Å². The Bertz CT molecular complexity index is 1160. The van der Waals surface area contributed by atoms with Crippen molar-refractivity contribution in [1.29, 1.82) is 0 Å². The lowest BCUT2D eigenvalue weighted by Crippen LogP contribution is -2.66. The van der Waals surface area contributed by atoms with Gasteiger partial charge < -0.3 is 20.6 Å². The van der Waals surface area contributed by atoms with Crippen LogP contribution in [0.5, 0.6) is 0 Å². The molecule has 1 aromatic rings. The van der Waals surface area contributed by atoms with Crippen LogP contribution in [0.3, 0.4) is 0 Å². The van der Waals surface area contributed by atoms with Gasteiger partial charge in [-0.25, -0.2) is 18.0 Å². The number of benzene rings is 1. The van der Waals surface area contributed by atoms with E-state index in [1.54, 1.807) is 17.2 Å². The van der Waals surface area contributed by atoms with E-state index in [-0.39, 0.29) is 35.6 Å². The number of hydrogen-bond donors (Lipinski definition) is 3. The lowest BCUT2D eigenvalue weighted by Gasteiger charge is -2.10. The van der Waals surface area contributed by atoms with Crippen LogP contribution in [0.15, 0.2) is 34.2 Å². The molecule has 4 amide bonds. The summed E-state index contributed by atoms with van der Waals surface area (Å²) in [6.45, 7) is 1.37. The first-order chi connectivity index (χ1) is 17.3. The molecule has 2 fully saturated rings. The number of sulfone groups is 1.